The molecular formula is C18H28N6S. The second kappa shape index (κ2) is 7.99. The number of hydrogen-bond donors (Lipinski definition) is 2. The molecule has 3 heterocycles. The molecule has 0 aromatic carbocycles. The molecule has 1 aliphatic rings. The van der Waals surface area contributed by atoms with Crippen molar-refractivity contribution in [1.29, 1.82) is 0 Å². The number of thiophene rings is 1. The van der Waals surface area contributed by atoms with Crippen LogP contribution in [-0.4, -0.2) is 34.3 Å². The monoisotopic (exact) mass is 360 g/mol. The SMILES string of the molecule is CN=C(NCc1nnc2n1CCCCC2)NCC(C)(C)c1cccs1. The van der Waals surface area contributed by atoms with Gasteiger partial charge >= 0.3 is 0 Å². The Morgan fingerprint density at radius 3 is 2.92 bits per heavy atom. The minimum Gasteiger partial charge on any atom is -0.356 e. The molecule has 6 nitrogen and oxygen atoms in total. The van der Waals surface area contributed by atoms with E-state index in [1.54, 1.807) is 18.4 Å². The summed E-state index contributed by atoms with van der Waals surface area (Å²) in [5.41, 5.74) is 0.0672. The van der Waals surface area contributed by atoms with Crippen molar-refractivity contribution in [2.24, 2.45) is 4.99 Å². The van der Waals surface area contributed by atoms with Crippen molar-refractivity contribution in [3.05, 3.63) is 34.0 Å². The van der Waals surface area contributed by atoms with Crippen LogP contribution < -0.4 is 10.6 Å². The van der Waals surface area contributed by atoms with Gasteiger partial charge in [0.2, 0.25) is 0 Å². The molecule has 3 rings (SSSR count). The zero-order valence-corrected chi connectivity index (χ0v) is 16.2. The van der Waals surface area contributed by atoms with E-state index >= 15 is 0 Å². The highest BCUT2D eigenvalue weighted by atomic mass is 32.1. The van der Waals surface area contributed by atoms with Gasteiger partial charge in [-0.05, 0) is 24.3 Å². The van der Waals surface area contributed by atoms with Crippen LogP contribution in [0, 0.1) is 0 Å². The fourth-order valence-electron chi connectivity index (χ4n) is 3.11. The van der Waals surface area contributed by atoms with Gasteiger partial charge in [-0.3, -0.25) is 4.99 Å². The molecule has 0 amide bonds. The van der Waals surface area contributed by atoms with E-state index in [1.807, 2.05) is 0 Å². The summed E-state index contributed by atoms with van der Waals surface area (Å²) in [6.07, 6.45) is 4.73. The third-order valence-corrected chi connectivity index (χ3v) is 5.95. The Morgan fingerprint density at radius 2 is 2.16 bits per heavy atom. The van der Waals surface area contributed by atoms with E-state index in [2.05, 4.69) is 61.8 Å². The molecule has 0 saturated carbocycles. The predicted octanol–water partition coefficient (Wildman–Crippen LogP) is 2.71. The molecule has 0 fully saturated rings. The maximum absolute atomic E-state index is 4.36. The molecule has 2 aromatic rings. The van der Waals surface area contributed by atoms with E-state index < -0.39 is 0 Å². The van der Waals surface area contributed by atoms with Crippen molar-refractivity contribution in [1.82, 2.24) is 25.4 Å². The first kappa shape index (κ1) is 17.9. The lowest BCUT2D eigenvalue weighted by molar-refractivity contribution is 0.517. The summed E-state index contributed by atoms with van der Waals surface area (Å²) in [5, 5.41) is 17.7. The number of nitrogens with one attached hydrogen (secondary N) is 2. The summed E-state index contributed by atoms with van der Waals surface area (Å²) in [6.45, 7) is 6.99. The third kappa shape index (κ3) is 4.39. The molecule has 0 saturated heterocycles. The van der Waals surface area contributed by atoms with Crippen LogP contribution in [0.25, 0.3) is 0 Å². The maximum atomic E-state index is 4.36. The van der Waals surface area contributed by atoms with Crippen molar-refractivity contribution < 1.29 is 0 Å². The number of guanidine groups is 1. The summed E-state index contributed by atoms with van der Waals surface area (Å²) >= 11 is 1.80. The van der Waals surface area contributed by atoms with E-state index in [9.17, 15) is 0 Å². The highest BCUT2D eigenvalue weighted by molar-refractivity contribution is 7.10. The maximum Gasteiger partial charge on any atom is 0.191 e. The number of hydrogen-bond acceptors (Lipinski definition) is 4. The van der Waals surface area contributed by atoms with Crippen LogP contribution in [0.2, 0.25) is 0 Å². The van der Waals surface area contributed by atoms with Crippen LogP contribution in [0.5, 0.6) is 0 Å². The fraction of sp³-hybridized carbons (Fsp3) is 0.611. The average molecular weight is 361 g/mol. The molecule has 0 spiro atoms. The minimum absolute atomic E-state index is 0.0672. The third-order valence-electron chi connectivity index (χ3n) is 4.71. The Balaban J connectivity index is 1.56. The Hall–Kier alpha value is -1.89. The van der Waals surface area contributed by atoms with Gasteiger partial charge in [-0.15, -0.1) is 21.5 Å². The lowest BCUT2D eigenvalue weighted by Crippen LogP contribution is -2.43. The molecule has 0 atom stereocenters. The zero-order chi connectivity index (χ0) is 17.7. The van der Waals surface area contributed by atoms with Gasteiger partial charge in [0.25, 0.3) is 0 Å². The van der Waals surface area contributed by atoms with Gasteiger partial charge in [0, 0.05) is 36.9 Å². The molecule has 2 aromatic heterocycles. The molecule has 7 heteroatoms. The van der Waals surface area contributed by atoms with Gasteiger partial charge in [-0.25, -0.2) is 0 Å². The molecule has 136 valence electrons. The lowest BCUT2D eigenvalue weighted by Gasteiger charge is -2.25. The molecular weight excluding hydrogens is 332 g/mol. The van der Waals surface area contributed by atoms with E-state index in [4.69, 9.17) is 0 Å². The zero-order valence-electron chi connectivity index (χ0n) is 15.4. The number of aryl methyl sites for hydroxylation is 1. The van der Waals surface area contributed by atoms with Crippen LogP contribution in [0.1, 0.15) is 49.6 Å². The second-order valence-electron chi connectivity index (χ2n) is 7.14. The van der Waals surface area contributed by atoms with Gasteiger partial charge in [-0.2, -0.15) is 0 Å². The molecule has 0 unspecified atom stereocenters. The first-order valence-corrected chi connectivity index (χ1v) is 9.87. The first-order chi connectivity index (χ1) is 12.1. The van der Waals surface area contributed by atoms with Crippen LogP contribution in [0.4, 0.5) is 0 Å². The normalized spacial score (nSPS) is 15.6. The Kier molecular flexibility index (Phi) is 5.73. The quantitative estimate of drug-likeness (QED) is 0.635. The Labute approximate surface area is 153 Å². The topological polar surface area (TPSA) is 67.1 Å². The van der Waals surface area contributed by atoms with Crippen LogP contribution in [-0.2, 0) is 24.9 Å². The van der Waals surface area contributed by atoms with Crippen molar-refractivity contribution in [3.8, 4) is 0 Å². The molecule has 0 radical (unpaired) electrons. The smallest absolute Gasteiger partial charge is 0.191 e. The second-order valence-corrected chi connectivity index (χ2v) is 8.08. The number of nitrogens with zero attached hydrogens (tertiary/aromatic N) is 4. The molecule has 0 aliphatic carbocycles. The highest BCUT2D eigenvalue weighted by Crippen LogP contribution is 2.26. The average Bonchev–Trinajstić information content (AvgIpc) is 3.21. The number of rotatable bonds is 5. The lowest BCUT2D eigenvalue weighted by atomic mass is 9.91. The van der Waals surface area contributed by atoms with E-state index in [-0.39, 0.29) is 5.41 Å². The summed E-state index contributed by atoms with van der Waals surface area (Å²) in [4.78, 5) is 5.72. The summed E-state index contributed by atoms with van der Waals surface area (Å²) in [7, 11) is 1.80. The highest BCUT2D eigenvalue weighted by Gasteiger charge is 2.22. The number of aliphatic imine (C=N–C) groups is 1. The van der Waals surface area contributed by atoms with Crippen LogP contribution >= 0.6 is 11.3 Å². The predicted molar refractivity (Wildman–Crippen MR) is 103 cm³/mol. The number of aromatic nitrogens is 3. The van der Waals surface area contributed by atoms with Crippen LogP contribution in [0.3, 0.4) is 0 Å². The standard InChI is InChI=1S/C18H28N6S/c1-18(2,14-8-7-11-25-14)13-21-17(19-3)20-12-16-23-22-15-9-5-4-6-10-24(15)16/h7-8,11H,4-6,9-10,12-13H2,1-3H3,(H2,19,20,21). The van der Waals surface area contributed by atoms with Gasteiger partial charge in [-0.1, -0.05) is 26.3 Å². The van der Waals surface area contributed by atoms with Gasteiger partial charge in [0.15, 0.2) is 11.8 Å². The Morgan fingerprint density at radius 1 is 1.28 bits per heavy atom. The van der Waals surface area contributed by atoms with Gasteiger partial charge in [0.1, 0.15) is 5.82 Å². The van der Waals surface area contributed by atoms with Crippen molar-refractivity contribution in [2.75, 3.05) is 13.6 Å². The van der Waals surface area contributed by atoms with Crippen molar-refractivity contribution in [2.45, 2.75) is 58.0 Å². The summed E-state index contributed by atoms with van der Waals surface area (Å²) in [6, 6.07) is 4.29. The molecule has 25 heavy (non-hydrogen) atoms. The molecule has 2 N–H and O–H groups in total. The van der Waals surface area contributed by atoms with Crippen LogP contribution in [0.15, 0.2) is 22.5 Å². The van der Waals surface area contributed by atoms with Crippen molar-refractivity contribution in [3.63, 3.8) is 0 Å². The fourth-order valence-corrected chi connectivity index (χ4v) is 3.97. The number of fused-ring (bicyclic) bond motifs is 1. The van der Waals surface area contributed by atoms with E-state index in [0.717, 1.165) is 37.1 Å². The van der Waals surface area contributed by atoms with E-state index in [0.29, 0.717) is 6.54 Å². The van der Waals surface area contributed by atoms with Gasteiger partial charge < -0.3 is 15.2 Å². The summed E-state index contributed by atoms with van der Waals surface area (Å²) in [5.74, 6) is 2.92. The molecule has 1 aliphatic heterocycles. The first-order valence-electron chi connectivity index (χ1n) is 8.99. The molecule has 0 bridgehead atoms. The van der Waals surface area contributed by atoms with Gasteiger partial charge in [0.05, 0.1) is 6.54 Å². The largest absolute Gasteiger partial charge is 0.356 e. The van der Waals surface area contributed by atoms with E-state index in [1.165, 1.54) is 24.1 Å². The Bertz CT molecular complexity index is 701. The summed E-state index contributed by atoms with van der Waals surface area (Å²) < 4.78 is 2.27. The minimum atomic E-state index is 0.0672. The van der Waals surface area contributed by atoms with Crippen molar-refractivity contribution >= 4 is 17.3 Å².